The van der Waals surface area contributed by atoms with Gasteiger partial charge >= 0.3 is 12.2 Å². The van der Waals surface area contributed by atoms with Gasteiger partial charge in [0.1, 0.15) is 12.4 Å². The average Bonchev–Trinajstić information content (AvgIpc) is 2.59. The Labute approximate surface area is 134 Å². The fourth-order valence-corrected chi connectivity index (χ4v) is 1.73. The topological polar surface area (TPSA) is 76.7 Å². The lowest BCUT2D eigenvalue weighted by atomic mass is 10.2. The minimum Gasteiger partial charge on any atom is -0.445 e. The Morgan fingerprint density at radius 2 is 1.35 bits per heavy atom. The summed E-state index contributed by atoms with van der Waals surface area (Å²) in [7, 11) is 0. The van der Waals surface area contributed by atoms with E-state index in [-0.39, 0.29) is 19.7 Å². The van der Waals surface area contributed by atoms with Crippen molar-refractivity contribution in [3.8, 4) is 5.75 Å². The molecule has 0 aromatic heterocycles. The molecule has 0 fully saturated rings. The molecule has 0 spiro atoms. The van der Waals surface area contributed by atoms with Gasteiger partial charge in [0, 0.05) is 13.1 Å². The SMILES string of the molecule is O=C(NCCNC(=O)Oc1ccccc1)OCc1ccccc1. The van der Waals surface area contributed by atoms with Crippen LogP contribution in [0.3, 0.4) is 0 Å². The second kappa shape index (κ2) is 9.09. The predicted octanol–water partition coefficient (Wildman–Crippen LogP) is 2.70. The number of hydrogen-bond donors (Lipinski definition) is 2. The van der Waals surface area contributed by atoms with Gasteiger partial charge in [0.25, 0.3) is 0 Å². The van der Waals surface area contributed by atoms with Gasteiger partial charge in [0.05, 0.1) is 0 Å². The molecule has 2 aromatic rings. The lowest BCUT2D eigenvalue weighted by Gasteiger charge is -2.08. The molecule has 0 aliphatic heterocycles. The first-order chi connectivity index (χ1) is 11.2. The first-order valence-electron chi connectivity index (χ1n) is 7.19. The molecule has 0 unspecified atom stereocenters. The van der Waals surface area contributed by atoms with E-state index in [0.29, 0.717) is 5.75 Å². The summed E-state index contributed by atoms with van der Waals surface area (Å²) in [5, 5.41) is 5.07. The Kier molecular flexibility index (Phi) is 6.46. The van der Waals surface area contributed by atoms with E-state index in [1.807, 2.05) is 36.4 Å². The Bertz CT molecular complexity index is 617. The van der Waals surface area contributed by atoms with Crippen molar-refractivity contribution in [2.45, 2.75) is 6.61 Å². The summed E-state index contributed by atoms with van der Waals surface area (Å²) in [6.45, 7) is 0.694. The first-order valence-corrected chi connectivity index (χ1v) is 7.19. The molecule has 2 aromatic carbocycles. The summed E-state index contributed by atoms with van der Waals surface area (Å²) in [4.78, 5) is 23.0. The van der Waals surface area contributed by atoms with Crippen molar-refractivity contribution in [2.24, 2.45) is 0 Å². The molecule has 0 atom stereocenters. The van der Waals surface area contributed by atoms with E-state index in [4.69, 9.17) is 9.47 Å². The van der Waals surface area contributed by atoms with Crippen LogP contribution in [0.1, 0.15) is 5.56 Å². The lowest BCUT2D eigenvalue weighted by Crippen LogP contribution is -2.36. The fourth-order valence-electron chi connectivity index (χ4n) is 1.73. The van der Waals surface area contributed by atoms with Crippen molar-refractivity contribution >= 4 is 12.2 Å². The zero-order chi connectivity index (χ0) is 16.3. The molecular weight excluding hydrogens is 296 g/mol. The van der Waals surface area contributed by atoms with Crippen molar-refractivity contribution in [3.05, 3.63) is 66.2 Å². The number of hydrogen-bond acceptors (Lipinski definition) is 4. The molecule has 0 bridgehead atoms. The maximum atomic E-state index is 11.5. The number of para-hydroxylation sites is 1. The highest BCUT2D eigenvalue weighted by molar-refractivity contribution is 5.70. The molecule has 0 radical (unpaired) electrons. The third kappa shape index (κ3) is 6.52. The minimum absolute atomic E-state index is 0.205. The minimum atomic E-state index is -0.573. The van der Waals surface area contributed by atoms with Crippen LogP contribution in [-0.2, 0) is 11.3 Å². The molecule has 0 saturated carbocycles. The lowest BCUT2D eigenvalue weighted by molar-refractivity contribution is 0.139. The maximum absolute atomic E-state index is 11.5. The molecule has 6 nitrogen and oxygen atoms in total. The fraction of sp³-hybridized carbons (Fsp3) is 0.176. The molecule has 0 aliphatic rings. The smallest absolute Gasteiger partial charge is 0.412 e. The van der Waals surface area contributed by atoms with E-state index in [1.165, 1.54) is 0 Å². The molecule has 23 heavy (non-hydrogen) atoms. The van der Waals surface area contributed by atoms with Crippen LogP contribution in [0.25, 0.3) is 0 Å². The van der Waals surface area contributed by atoms with Crippen LogP contribution in [0, 0.1) is 0 Å². The predicted molar refractivity (Wildman–Crippen MR) is 85.1 cm³/mol. The quantitative estimate of drug-likeness (QED) is 0.804. The van der Waals surface area contributed by atoms with E-state index >= 15 is 0 Å². The largest absolute Gasteiger partial charge is 0.445 e. The van der Waals surface area contributed by atoms with Crippen molar-refractivity contribution < 1.29 is 19.1 Å². The zero-order valence-corrected chi connectivity index (χ0v) is 12.5. The summed E-state index contributed by atoms with van der Waals surface area (Å²) in [5.41, 5.74) is 0.909. The Hall–Kier alpha value is -3.02. The highest BCUT2D eigenvalue weighted by Crippen LogP contribution is 2.07. The van der Waals surface area contributed by atoms with Crippen molar-refractivity contribution in [1.29, 1.82) is 0 Å². The number of ether oxygens (including phenoxy) is 2. The van der Waals surface area contributed by atoms with Gasteiger partial charge < -0.3 is 20.1 Å². The zero-order valence-electron chi connectivity index (χ0n) is 12.5. The van der Waals surface area contributed by atoms with Crippen LogP contribution in [0.15, 0.2) is 60.7 Å². The summed E-state index contributed by atoms with van der Waals surface area (Å²) in [6.07, 6.45) is -1.11. The van der Waals surface area contributed by atoms with Gasteiger partial charge in [-0.25, -0.2) is 9.59 Å². The Morgan fingerprint density at radius 1 is 0.783 bits per heavy atom. The van der Waals surface area contributed by atoms with E-state index in [1.54, 1.807) is 24.3 Å². The number of alkyl carbamates (subject to hydrolysis) is 1. The van der Waals surface area contributed by atoms with Gasteiger partial charge in [0.2, 0.25) is 0 Å². The standard InChI is InChI=1S/C17H18N2O4/c20-16(22-13-14-7-3-1-4-8-14)18-11-12-19-17(21)23-15-9-5-2-6-10-15/h1-10H,11-13H2,(H,18,20)(H,19,21). The number of benzene rings is 2. The summed E-state index contributed by atoms with van der Waals surface area (Å²) < 4.78 is 10.1. The number of carbonyl (C=O) groups excluding carboxylic acids is 2. The van der Waals surface area contributed by atoms with E-state index in [2.05, 4.69) is 10.6 Å². The molecule has 2 rings (SSSR count). The van der Waals surface area contributed by atoms with Crippen molar-refractivity contribution in [2.75, 3.05) is 13.1 Å². The van der Waals surface area contributed by atoms with Crippen LogP contribution >= 0.6 is 0 Å². The summed E-state index contributed by atoms with van der Waals surface area (Å²) in [5.74, 6) is 0.459. The molecule has 0 heterocycles. The molecule has 2 N–H and O–H groups in total. The van der Waals surface area contributed by atoms with Gasteiger partial charge in [-0.15, -0.1) is 0 Å². The van der Waals surface area contributed by atoms with E-state index in [0.717, 1.165) is 5.56 Å². The highest BCUT2D eigenvalue weighted by atomic mass is 16.6. The number of carbonyl (C=O) groups is 2. The second-order valence-corrected chi connectivity index (χ2v) is 4.62. The van der Waals surface area contributed by atoms with Crippen molar-refractivity contribution in [1.82, 2.24) is 10.6 Å². The monoisotopic (exact) mass is 314 g/mol. The first kappa shape index (κ1) is 16.4. The Morgan fingerprint density at radius 3 is 2.00 bits per heavy atom. The van der Waals surface area contributed by atoms with Gasteiger partial charge in [-0.05, 0) is 17.7 Å². The molecular formula is C17H18N2O4. The second-order valence-electron chi connectivity index (χ2n) is 4.62. The van der Waals surface area contributed by atoms with Crippen LogP contribution in [0.5, 0.6) is 5.75 Å². The summed E-state index contributed by atoms with van der Waals surface area (Å²) >= 11 is 0. The molecule has 0 saturated heterocycles. The van der Waals surface area contributed by atoms with Crippen LogP contribution in [-0.4, -0.2) is 25.3 Å². The van der Waals surface area contributed by atoms with E-state index in [9.17, 15) is 9.59 Å². The van der Waals surface area contributed by atoms with E-state index < -0.39 is 12.2 Å². The van der Waals surface area contributed by atoms with Crippen LogP contribution in [0.4, 0.5) is 9.59 Å². The third-order valence-corrected chi connectivity index (χ3v) is 2.83. The van der Waals surface area contributed by atoms with Crippen LogP contribution < -0.4 is 15.4 Å². The number of nitrogens with one attached hydrogen (secondary N) is 2. The average molecular weight is 314 g/mol. The molecule has 0 aliphatic carbocycles. The molecule has 120 valence electrons. The van der Waals surface area contributed by atoms with Crippen LogP contribution in [0.2, 0.25) is 0 Å². The normalized spacial score (nSPS) is 9.74. The molecule has 6 heteroatoms. The highest BCUT2D eigenvalue weighted by Gasteiger charge is 2.04. The maximum Gasteiger partial charge on any atom is 0.412 e. The summed E-state index contributed by atoms with van der Waals surface area (Å²) in [6, 6.07) is 18.1. The number of rotatable bonds is 6. The number of amides is 2. The van der Waals surface area contributed by atoms with Gasteiger partial charge in [-0.3, -0.25) is 0 Å². The van der Waals surface area contributed by atoms with Gasteiger partial charge in [-0.2, -0.15) is 0 Å². The third-order valence-electron chi connectivity index (χ3n) is 2.83. The molecule has 2 amide bonds. The van der Waals surface area contributed by atoms with Gasteiger partial charge in [-0.1, -0.05) is 48.5 Å². The Balaban J connectivity index is 1.56. The van der Waals surface area contributed by atoms with Crippen molar-refractivity contribution in [3.63, 3.8) is 0 Å². The van der Waals surface area contributed by atoms with Gasteiger partial charge in [0.15, 0.2) is 0 Å².